The number of benzene rings is 1. The molecule has 2 N–H and O–H groups in total. The summed E-state index contributed by atoms with van der Waals surface area (Å²) in [6.07, 6.45) is 1.55. The van der Waals surface area contributed by atoms with Gasteiger partial charge >= 0.3 is 0 Å². The zero-order valence-electron chi connectivity index (χ0n) is 11.0. The minimum absolute atomic E-state index is 0.0497. The van der Waals surface area contributed by atoms with Crippen molar-refractivity contribution in [2.75, 3.05) is 12.4 Å². The third-order valence-corrected chi connectivity index (χ3v) is 3.83. The maximum Gasteiger partial charge on any atom is 0.230 e. The second kappa shape index (κ2) is 8.16. The van der Waals surface area contributed by atoms with E-state index < -0.39 is 0 Å². The van der Waals surface area contributed by atoms with Crippen molar-refractivity contribution in [3.05, 3.63) is 29.8 Å². The largest absolute Gasteiger partial charge is 0.396 e. The molecule has 0 fully saturated rings. The molecule has 3 nitrogen and oxygen atoms in total. The van der Waals surface area contributed by atoms with Crippen LogP contribution in [-0.4, -0.2) is 29.4 Å². The van der Waals surface area contributed by atoms with Crippen molar-refractivity contribution >= 4 is 17.7 Å². The summed E-state index contributed by atoms with van der Waals surface area (Å²) in [6, 6.07) is 8.18. The summed E-state index contributed by atoms with van der Waals surface area (Å²) >= 11 is 1.56. The number of aliphatic hydroxyl groups is 1. The van der Waals surface area contributed by atoms with Gasteiger partial charge in [0.15, 0.2) is 0 Å². The van der Waals surface area contributed by atoms with Crippen LogP contribution in [0.4, 0.5) is 0 Å². The lowest BCUT2D eigenvalue weighted by atomic mass is 10.2. The van der Waals surface area contributed by atoms with E-state index in [0.717, 1.165) is 17.7 Å². The van der Waals surface area contributed by atoms with E-state index in [1.165, 1.54) is 5.56 Å². The highest BCUT2D eigenvalue weighted by atomic mass is 32.2. The van der Waals surface area contributed by atoms with Gasteiger partial charge in [-0.3, -0.25) is 4.79 Å². The molecule has 0 aromatic heterocycles. The zero-order chi connectivity index (χ0) is 13.4. The predicted molar refractivity (Wildman–Crippen MR) is 75.8 cm³/mol. The van der Waals surface area contributed by atoms with E-state index >= 15 is 0 Å². The molecule has 0 aliphatic heterocycles. The molecule has 0 aliphatic rings. The third-order valence-electron chi connectivity index (χ3n) is 2.65. The number of nitrogens with one attached hydrogen (secondary N) is 1. The normalized spacial score (nSPS) is 12.2. The molecule has 1 aromatic carbocycles. The van der Waals surface area contributed by atoms with E-state index in [9.17, 15) is 4.79 Å². The summed E-state index contributed by atoms with van der Waals surface area (Å²) in [5, 5.41) is 11.6. The molecule has 1 aromatic rings. The number of carbonyl (C=O) groups excluding carboxylic acids is 1. The second-order valence-corrected chi connectivity index (χ2v) is 5.41. The number of thioether (sulfide) groups is 1. The average Bonchev–Trinajstić information content (AvgIpc) is 2.35. The number of hydrogen-bond acceptors (Lipinski definition) is 3. The summed E-state index contributed by atoms with van der Waals surface area (Å²) in [5.74, 6) is 0.489. The summed E-state index contributed by atoms with van der Waals surface area (Å²) in [7, 11) is 0. The Hall–Kier alpha value is -1.00. The number of hydrogen-bond donors (Lipinski definition) is 2. The Morgan fingerprint density at radius 1 is 1.44 bits per heavy atom. The highest BCUT2D eigenvalue weighted by Gasteiger charge is 2.08. The van der Waals surface area contributed by atoms with Crippen LogP contribution in [0, 0.1) is 6.92 Å². The first-order chi connectivity index (χ1) is 8.63. The van der Waals surface area contributed by atoms with Gasteiger partial charge in [0.2, 0.25) is 5.91 Å². The lowest BCUT2D eigenvalue weighted by Crippen LogP contribution is -2.33. The molecule has 1 amide bonds. The first-order valence-corrected chi connectivity index (χ1v) is 7.20. The quantitative estimate of drug-likeness (QED) is 0.746. The van der Waals surface area contributed by atoms with Gasteiger partial charge in [-0.25, -0.2) is 0 Å². The van der Waals surface area contributed by atoms with Gasteiger partial charge in [0, 0.05) is 17.5 Å². The van der Waals surface area contributed by atoms with Crippen LogP contribution in [0.2, 0.25) is 0 Å². The van der Waals surface area contributed by atoms with Gasteiger partial charge in [0.1, 0.15) is 0 Å². The Balaban J connectivity index is 2.31. The summed E-state index contributed by atoms with van der Waals surface area (Å²) < 4.78 is 0. The van der Waals surface area contributed by atoms with Crippen molar-refractivity contribution in [3.8, 4) is 0 Å². The van der Waals surface area contributed by atoms with E-state index in [0.29, 0.717) is 5.75 Å². The van der Waals surface area contributed by atoms with Crippen molar-refractivity contribution in [2.24, 2.45) is 0 Å². The van der Waals surface area contributed by atoms with Crippen molar-refractivity contribution in [1.82, 2.24) is 5.32 Å². The standard InChI is InChI=1S/C14H21NO2S/c1-11-6-3-4-8-13(11)18-10-14(17)15-12(2)7-5-9-16/h3-4,6,8,12,16H,5,7,9-10H2,1-2H3,(H,15,17). The van der Waals surface area contributed by atoms with Crippen molar-refractivity contribution in [2.45, 2.75) is 37.6 Å². The van der Waals surface area contributed by atoms with Crippen molar-refractivity contribution < 1.29 is 9.90 Å². The van der Waals surface area contributed by atoms with Crippen molar-refractivity contribution in [3.63, 3.8) is 0 Å². The number of amides is 1. The van der Waals surface area contributed by atoms with Gasteiger partial charge in [-0.15, -0.1) is 11.8 Å². The summed E-state index contributed by atoms with van der Waals surface area (Å²) in [4.78, 5) is 12.9. The smallest absolute Gasteiger partial charge is 0.230 e. The van der Waals surface area contributed by atoms with E-state index in [1.54, 1.807) is 11.8 Å². The Morgan fingerprint density at radius 3 is 2.83 bits per heavy atom. The molecular formula is C14H21NO2S. The first kappa shape index (κ1) is 15.1. The molecule has 0 radical (unpaired) electrons. The maximum atomic E-state index is 11.7. The van der Waals surface area contributed by atoms with Crippen LogP contribution in [0.3, 0.4) is 0 Å². The lowest BCUT2D eigenvalue weighted by Gasteiger charge is -2.13. The number of aryl methyl sites for hydroxylation is 1. The monoisotopic (exact) mass is 267 g/mol. The fourth-order valence-corrected chi connectivity index (χ4v) is 2.49. The van der Waals surface area contributed by atoms with E-state index in [-0.39, 0.29) is 18.6 Å². The minimum atomic E-state index is 0.0497. The predicted octanol–water partition coefficient (Wildman–Crippen LogP) is 2.36. The Kier molecular flexibility index (Phi) is 6.83. The van der Waals surface area contributed by atoms with Crippen LogP contribution in [0.1, 0.15) is 25.3 Å². The Morgan fingerprint density at radius 2 is 2.17 bits per heavy atom. The second-order valence-electron chi connectivity index (χ2n) is 4.39. The van der Waals surface area contributed by atoms with Crippen LogP contribution in [0.25, 0.3) is 0 Å². The fraction of sp³-hybridized carbons (Fsp3) is 0.500. The molecule has 1 atom stereocenters. The number of rotatable bonds is 7. The topological polar surface area (TPSA) is 49.3 Å². The SMILES string of the molecule is Cc1ccccc1SCC(=O)NC(C)CCCO. The highest BCUT2D eigenvalue weighted by Crippen LogP contribution is 2.21. The maximum absolute atomic E-state index is 11.7. The van der Waals surface area contributed by atoms with Gasteiger partial charge in [0.05, 0.1) is 5.75 Å². The molecule has 0 saturated carbocycles. The van der Waals surface area contributed by atoms with Crippen LogP contribution in [-0.2, 0) is 4.79 Å². The van der Waals surface area contributed by atoms with Gasteiger partial charge in [-0.2, -0.15) is 0 Å². The molecule has 0 spiro atoms. The molecule has 100 valence electrons. The molecule has 0 bridgehead atoms. The van der Waals surface area contributed by atoms with E-state index in [4.69, 9.17) is 5.11 Å². The molecule has 1 rings (SSSR count). The van der Waals surface area contributed by atoms with Crippen LogP contribution in [0.5, 0.6) is 0 Å². The fourth-order valence-electron chi connectivity index (χ4n) is 1.65. The molecule has 4 heteroatoms. The van der Waals surface area contributed by atoms with Crippen LogP contribution < -0.4 is 5.32 Å². The lowest BCUT2D eigenvalue weighted by molar-refractivity contribution is -0.119. The number of carbonyl (C=O) groups is 1. The van der Waals surface area contributed by atoms with Crippen molar-refractivity contribution in [1.29, 1.82) is 0 Å². The van der Waals surface area contributed by atoms with Gasteiger partial charge in [-0.05, 0) is 38.3 Å². The molecule has 0 aliphatic carbocycles. The zero-order valence-corrected chi connectivity index (χ0v) is 11.8. The minimum Gasteiger partial charge on any atom is -0.396 e. The molecule has 1 unspecified atom stereocenters. The van der Waals surface area contributed by atoms with Crippen LogP contribution >= 0.6 is 11.8 Å². The first-order valence-electron chi connectivity index (χ1n) is 6.22. The summed E-state index contributed by atoms with van der Waals surface area (Å²) in [6.45, 7) is 4.19. The average molecular weight is 267 g/mol. The van der Waals surface area contributed by atoms with Gasteiger partial charge in [0.25, 0.3) is 0 Å². The molecule has 0 saturated heterocycles. The Labute approximate surface area is 113 Å². The van der Waals surface area contributed by atoms with Gasteiger partial charge < -0.3 is 10.4 Å². The highest BCUT2D eigenvalue weighted by molar-refractivity contribution is 8.00. The molecule has 18 heavy (non-hydrogen) atoms. The van der Waals surface area contributed by atoms with E-state index in [1.807, 2.05) is 38.1 Å². The van der Waals surface area contributed by atoms with E-state index in [2.05, 4.69) is 5.32 Å². The number of aliphatic hydroxyl groups excluding tert-OH is 1. The summed E-state index contributed by atoms with van der Waals surface area (Å²) in [5.41, 5.74) is 1.20. The molecular weight excluding hydrogens is 246 g/mol. The van der Waals surface area contributed by atoms with Gasteiger partial charge in [-0.1, -0.05) is 18.2 Å². The third kappa shape index (κ3) is 5.56. The Bertz CT molecular complexity index is 382. The molecule has 0 heterocycles. The van der Waals surface area contributed by atoms with Crippen LogP contribution in [0.15, 0.2) is 29.2 Å².